The summed E-state index contributed by atoms with van der Waals surface area (Å²) < 4.78 is 52.7. The molecule has 2 aromatic carbocycles. The molecule has 1 saturated heterocycles. The van der Waals surface area contributed by atoms with Crippen molar-refractivity contribution in [2.24, 2.45) is 0 Å². The Balaban J connectivity index is 1.90. The number of phosphoric acid groups is 1. The topological polar surface area (TPSA) is 133 Å². The summed E-state index contributed by atoms with van der Waals surface area (Å²) in [5.41, 5.74) is 1.39. The molecule has 5 atom stereocenters. The van der Waals surface area contributed by atoms with Crippen LogP contribution in [0.25, 0.3) is 0 Å². The Morgan fingerprint density at radius 2 is 1.13 bits per heavy atom. The van der Waals surface area contributed by atoms with Crippen molar-refractivity contribution in [3.63, 3.8) is 0 Å². The van der Waals surface area contributed by atoms with E-state index in [2.05, 4.69) is 0 Å². The minimum atomic E-state index is -4.40. The van der Waals surface area contributed by atoms with Crippen LogP contribution in [-0.4, -0.2) is 48.6 Å². The molecule has 3 rings (SSSR count). The smallest absolute Gasteiger partial charge is 0.456 e. The molecule has 206 valence electrons. The Morgan fingerprint density at radius 1 is 0.711 bits per heavy atom. The Kier molecular flexibility index (Phi) is 10.6. The van der Waals surface area contributed by atoms with Crippen LogP contribution >= 0.6 is 7.82 Å². The van der Waals surface area contributed by atoms with Crippen molar-refractivity contribution in [1.82, 2.24) is 0 Å². The largest absolute Gasteiger partial charge is 0.477 e. The molecule has 0 radical (unpaired) electrons. The second-order valence-electron chi connectivity index (χ2n) is 8.50. The highest BCUT2D eigenvalue weighted by molar-refractivity contribution is 7.48. The van der Waals surface area contributed by atoms with E-state index in [1.807, 2.05) is 12.1 Å². The van der Waals surface area contributed by atoms with Crippen LogP contribution in [-0.2, 0) is 64.7 Å². The zero-order valence-corrected chi connectivity index (χ0v) is 22.4. The number of carbonyl (C=O) groups excluding carboxylic acids is 3. The fraction of sp³-hybridized carbons (Fsp3) is 0.423. The molecule has 0 amide bonds. The second-order valence-corrected chi connectivity index (χ2v) is 10.1. The molecule has 38 heavy (non-hydrogen) atoms. The van der Waals surface area contributed by atoms with E-state index < -0.39 is 56.4 Å². The van der Waals surface area contributed by atoms with Crippen molar-refractivity contribution < 1.29 is 51.5 Å². The first-order valence-electron chi connectivity index (χ1n) is 11.9. The van der Waals surface area contributed by atoms with Crippen molar-refractivity contribution in [1.29, 1.82) is 0 Å². The van der Waals surface area contributed by atoms with E-state index in [1.54, 1.807) is 48.5 Å². The zero-order valence-electron chi connectivity index (χ0n) is 21.5. The van der Waals surface area contributed by atoms with Gasteiger partial charge in [-0.05, 0) is 18.1 Å². The van der Waals surface area contributed by atoms with Gasteiger partial charge < -0.3 is 18.9 Å². The average molecular weight is 550 g/mol. The maximum absolute atomic E-state index is 13.9. The number of hydrogen-bond donors (Lipinski definition) is 0. The van der Waals surface area contributed by atoms with Crippen LogP contribution in [0.4, 0.5) is 0 Å². The first-order chi connectivity index (χ1) is 18.1. The molecule has 1 heterocycles. The molecule has 2 aromatic rings. The van der Waals surface area contributed by atoms with Crippen LogP contribution in [0, 0.1) is 0 Å². The van der Waals surface area contributed by atoms with Gasteiger partial charge in [-0.25, -0.2) is 4.57 Å². The fourth-order valence-electron chi connectivity index (χ4n) is 3.74. The van der Waals surface area contributed by atoms with Crippen molar-refractivity contribution in [3.8, 4) is 0 Å². The normalized spacial score (nSPS) is 23.3. The third-order valence-corrected chi connectivity index (χ3v) is 6.69. The summed E-state index contributed by atoms with van der Waals surface area (Å²) in [6.07, 6.45) is -6.42. The molecule has 2 unspecified atom stereocenters. The summed E-state index contributed by atoms with van der Waals surface area (Å²) in [6.45, 7) is 4.71. The first-order valence-corrected chi connectivity index (χ1v) is 13.3. The predicted octanol–water partition coefficient (Wildman–Crippen LogP) is 4.08. The summed E-state index contributed by atoms with van der Waals surface area (Å²) >= 11 is 0. The number of carbonyl (C=O) groups is 3. The van der Waals surface area contributed by atoms with Gasteiger partial charge in [0.15, 0.2) is 18.3 Å². The highest BCUT2D eigenvalue weighted by Crippen LogP contribution is 2.53. The van der Waals surface area contributed by atoms with E-state index in [0.717, 1.165) is 13.8 Å². The molecule has 12 heteroatoms. The Bertz CT molecular complexity index is 1080. The fourth-order valence-corrected chi connectivity index (χ4v) is 4.97. The van der Waals surface area contributed by atoms with Gasteiger partial charge in [-0.3, -0.25) is 28.0 Å². The van der Waals surface area contributed by atoms with Crippen molar-refractivity contribution in [2.45, 2.75) is 71.6 Å². The first kappa shape index (κ1) is 29.5. The number of benzene rings is 2. The number of esters is 3. The quantitative estimate of drug-likeness (QED) is 0.228. The Morgan fingerprint density at radius 3 is 1.58 bits per heavy atom. The lowest BCUT2D eigenvalue weighted by molar-refractivity contribution is -0.284. The summed E-state index contributed by atoms with van der Waals surface area (Å²) in [4.78, 5) is 35.6. The Labute approximate surface area is 220 Å². The second kappa shape index (κ2) is 13.6. The van der Waals surface area contributed by atoms with Crippen molar-refractivity contribution in [2.75, 3.05) is 0 Å². The number of hydrogen-bond acceptors (Lipinski definition) is 11. The van der Waals surface area contributed by atoms with Crippen LogP contribution in [0.1, 0.15) is 38.8 Å². The van der Waals surface area contributed by atoms with Crippen LogP contribution in [0.5, 0.6) is 0 Å². The predicted molar refractivity (Wildman–Crippen MR) is 132 cm³/mol. The van der Waals surface area contributed by atoms with E-state index in [1.165, 1.54) is 13.8 Å². The van der Waals surface area contributed by atoms with Crippen LogP contribution in [0.15, 0.2) is 60.7 Å². The maximum Gasteiger partial charge on any atom is 0.477 e. The summed E-state index contributed by atoms with van der Waals surface area (Å²) in [5.74, 6) is -2.18. The number of ether oxygens (including phenoxy) is 4. The van der Waals surface area contributed by atoms with Crippen LogP contribution in [0.2, 0.25) is 0 Å². The van der Waals surface area contributed by atoms with Gasteiger partial charge in [-0.1, -0.05) is 60.7 Å². The SMILES string of the molecule is CC(=O)OC1[C@H](OP(=O)(OCc2ccccc2)OCc2ccccc2)OC(C)[C@H](OC(C)=O)[C@H]1OC(C)=O. The van der Waals surface area contributed by atoms with Gasteiger partial charge >= 0.3 is 25.7 Å². The zero-order chi connectivity index (χ0) is 27.7. The van der Waals surface area contributed by atoms with Crippen molar-refractivity contribution in [3.05, 3.63) is 71.8 Å². The molecule has 0 saturated carbocycles. The lowest BCUT2D eigenvalue weighted by Gasteiger charge is -2.43. The van der Waals surface area contributed by atoms with Gasteiger partial charge in [0.25, 0.3) is 0 Å². The lowest BCUT2D eigenvalue weighted by Crippen LogP contribution is -2.61. The van der Waals surface area contributed by atoms with Gasteiger partial charge in [-0.15, -0.1) is 0 Å². The van der Waals surface area contributed by atoms with Crippen LogP contribution < -0.4 is 0 Å². The highest BCUT2D eigenvalue weighted by atomic mass is 31.2. The molecule has 11 nitrogen and oxygen atoms in total. The third kappa shape index (κ3) is 8.75. The van der Waals surface area contributed by atoms with Gasteiger partial charge in [-0.2, -0.15) is 0 Å². The minimum Gasteiger partial charge on any atom is -0.456 e. The summed E-state index contributed by atoms with van der Waals surface area (Å²) in [7, 11) is -4.40. The Hall–Kier alpha value is -3.08. The number of rotatable bonds is 11. The molecular formula is C26H31O11P. The monoisotopic (exact) mass is 550 g/mol. The molecule has 0 N–H and O–H groups in total. The average Bonchev–Trinajstić information content (AvgIpc) is 2.87. The summed E-state index contributed by atoms with van der Waals surface area (Å²) in [6, 6.07) is 17.9. The van der Waals surface area contributed by atoms with E-state index in [4.69, 9.17) is 32.5 Å². The standard InChI is InChI=1S/C26H31O11P/c1-17-23(34-18(2)27)24(35-19(3)28)25(36-20(4)29)26(33-17)37-38(30,31-15-21-11-7-5-8-12-21)32-16-22-13-9-6-10-14-22/h5-14,17,23-26H,15-16H2,1-4H3/t17?,23-,24+,25?,26-/m0/s1. The van der Waals surface area contributed by atoms with E-state index >= 15 is 0 Å². The summed E-state index contributed by atoms with van der Waals surface area (Å²) in [5, 5.41) is 0. The van der Waals surface area contributed by atoms with Gasteiger partial charge in [0.05, 0.1) is 19.3 Å². The molecule has 0 spiro atoms. The van der Waals surface area contributed by atoms with E-state index in [-0.39, 0.29) is 13.2 Å². The molecule has 1 fully saturated rings. The highest BCUT2D eigenvalue weighted by Gasteiger charge is 2.53. The van der Waals surface area contributed by atoms with Gasteiger partial charge in [0, 0.05) is 20.8 Å². The molecule has 0 aliphatic carbocycles. The van der Waals surface area contributed by atoms with Gasteiger partial charge in [0.1, 0.15) is 0 Å². The van der Waals surface area contributed by atoms with E-state index in [9.17, 15) is 18.9 Å². The van der Waals surface area contributed by atoms with Gasteiger partial charge in [0.2, 0.25) is 6.29 Å². The molecule has 1 aliphatic heterocycles. The minimum absolute atomic E-state index is 0.128. The van der Waals surface area contributed by atoms with Crippen molar-refractivity contribution >= 4 is 25.7 Å². The third-order valence-electron chi connectivity index (χ3n) is 5.33. The lowest BCUT2D eigenvalue weighted by atomic mass is 9.99. The molecule has 0 aromatic heterocycles. The van der Waals surface area contributed by atoms with E-state index in [0.29, 0.717) is 11.1 Å². The number of phosphoric ester groups is 1. The molecular weight excluding hydrogens is 519 g/mol. The van der Waals surface area contributed by atoms with Crippen LogP contribution in [0.3, 0.4) is 0 Å². The molecule has 1 aliphatic rings. The maximum atomic E-state index is 13.9. The molecule has 0 bridgehead atoms.